The number of allylic oxidation sites excluding steroid dienone is 1. The maximum Gasteiger partial charge on any atom is 0.417 e. The molecule has 2 amide bonds. The number of halogens is 3. The quantitative estimate of drug-likeness (QED) is 0.322. The van der Waals surface area contributed by atoms with Gasteiger partial charge in [-0.25, -0.2) is 4.98 Å². The van der Waals surface area contributed by atoms with Crippen molar-refractivity contribution in [1.82, 2.24) is 14.7 Å². The molecule has 4 rings (SSSR count). The predicted octanol–water partition coefficient (Wildman–Crippen LogP) is 4.63. The van der Waals surface area contributed by atoms with Crippen molar-refractivity contribution in [2.24, 2.45) is 10.7 Å². The minimum Gasteiger partial charge on any atom is -0.398 e. The van der Waals surface area contributed by atoms with Gasteiger partial charge in [0.15, 0.2) is 0 Å². The second-order valence-electron chi connectivity index (χ2n) is 8.14. The molecular formula is C27H23F3N6O2. The van der Waals surface area contributed by atoms with Crippen LogP contribution in [0.25, 0.3) is 22.6 Å². The lowest BCUT2D eigenvalue weighted by atomic mass is 10.00. The standard InChI is InChI=1S/C27H23F3N6O2/c1-32-12-10-21(31)19-14-17(8-9-20(19)27(28,29)30)26(38)35-24-23(16-6-4-3-5-7-16)34-22-15-18(25(37)33-2)11-13-36(22)24/h3-15H,31H2,1-2H3,(H,33,37)(H,35,38). The van der Waals surface area contributed by atoms with Crippen molar-refractivity contribution in [1.29, 1.82) is 0 Å². The highest BCUT2D eigenvalue weighted by Gasteiger charge is 2.34. The first-order valence-corrected chi connectivity index (χ1v) is 11.3. The van der Waals surface area contributed by atoms with E-state index >= 15 is 0 Å². The first kappa shape index (κ1) is 26.1. The third kappa shape index (κ3) is 5.26. The Balaban J connectivity index is 1.81. The molecule has 0 aliphatic carbocycles. The van der Waals surface area contributed by atoms with Crippen LogP contribution in [-0.2, 0) is 6.18 Å². The van der Waals surface area contributed by atoms with Crippen molar-refractivity contribution in [3.8, 4) is 11.3 Å². The van der Waals surface area contributed by atoms with Gasteiger partial charge in [0, 0.05) is 54.5 Å². The fourth-order valence-electron chi connectivity index (χ4n) is 3.84. The Hall–Kier alpha value is -4.93. The normalized spacial score (nSPS) is 12.2. The van der Waals surface area contributed by atoms with E-state index in [-0.39, 0.29) is 28.5 Å². The summed E-state index contributed by atoms with van der Waals surface area (Å²) in [6.45, 7) is 0. The number of pyridine rings is 1. The summed E-state index contributed by atoms with van der Waals surface area (Å²) in [5.41, 5.74) is 6.19. The first-order valence-electron chi connectivity index (χ1n) is 11.3. The van der Waals surface area contributed by atoms with Gasteiger partial charge in [0.2, 0.25) is 0 Å². The summed E-state index contributed by atoms with van der Waals surface area (Å²) in [4.78, 5) is 33.8. The van der Waals surface area contributed by atoms with Crippen LogP contribution in [0.15, 0.2) is 77.9 Å². The van der Waals surface area contributed by atoms with Crippen LogP contribution in [0.5, 0.6) is 0 Å². The third-order valence-electron chi connectivity index (χ3n) is 5.70. The molecule has 0 saturated heterocycles. The average molecular weight is 521 g/mol. The number of anilines is 1. The predicted molar refractivity (Wildman–Crippen MR) is 140 cm³/mol. The molecule has 4 aromatic rings. The van der Waals surface area contributed by atoms with Gasteiger partial charge in [-0.1, -0.05) is 30.3 Å². The van der Waals surface area contributed by atoms with Crippen LogP contribution >= 0.6 is 0 Å². The minimum absolute atomic E-state index is 0.0475. The summed E-state index contributed by atoms with van der Waals surface area (Å²) in [5, 5.41) is 5.32. The first-order chi connectivity index (χ1) is 18.1. The molecule has 0 saturated carbocycles. The monoisotopic (exact) mass is 520 g/mol. The molecule has 38 heavy (non-hydrogen) atoms. The summed E-state index contributed by atoms with van der Waals surface area (Å²) < 4.78 is 42.5. The van der Waals surface area contributed by atoms with E-state index in [1.807, 2.05) is 6.07 Å². The highest BCUT2D eigenvalue weighted by molar-refractivity contribution is 6.06. The third-order valence-corrected chi connectivity index (χ3v) is 5.70. The Labute approximate surface area is 215 Å². The number of aliphatic imine (C=N–C) groups is 1. The number of alkyl halides is 3. The van der Waals surface area contributed by atoms with E-state index in [0.717, 1.165) is 18.2 Å². The maximum atomic E-state index is 13.6. The number of rotatable bonds is 6. The number of hydrogen-bond donors (Lipinski definition) is 3. The summed E-state index contributed by atoms with van der Waals surface area (Å²) in [5.74, 6) is -0.701. The van der Waals surface area contributed by atoms with E-state index < -0.39 is 17.6 Å². The number of hydrogen-bond acceptors (Lipinski definition) is 5. The maximum absolute atomic E-state index is 13.6. The molecule has 0 spiro atoms. The fourth-order valence-corrected chi connectivity index (χ4v) is 3.84. The van der Waals surface area contributed by atoms with Crippen LogP contribution in [0.2, 0.25) is 0 Å². The largest absolute Gasteiger partial charge is 0.417 e. The molecule has 11 heteroatoms. The van der Waals surface area contributed by atoms with Gasteiger partial charge in [0.05, 0.1) is 5.56 Å². The SMILES string of the molecule is CN=CC=C(N)c1cc(C(=O)Nc2c(-c3ccccc3)nc3cc(C(=O)NC)ccn23)ccc1C(F)(F)F. The second-order valence-corrected chi connectivity index (χ2v) is 8.14. The molecule has 0 radical (unpaired) electrons. The summed E-state index contributed by atoms with van der Waals surface area (Å²) in [6.07, 6.45) is -0.608. The highest BCUT2D eigenvalue weighted by atomic mass is 19.4. The van der Waals surface area contributed by atoms with Crippen molar-refractivity contribution in [2.45, 2.75) is 6.18 Å². The van der Waals surface area contributed by atoms with Gasteiger partial charge < -0.3 is 16.4 Å². The topological polar surface area (TPSA) is 114 Å². The van der Waals surface area contributed by atoms with E-state index in [4.69, 9.17) is 5.73 Å². The number of nitrogens with zero attached hydrogens (tertiary/aromatic N) is 3. The van der Waals surface area contributed by atoms with E-state index in [1.54, 1.807) is 47.0 Å². The molecule has 4 N–H and O–H groups in total. The van der Waals surface area contributed by atoms with Crippen molar-refractivity contribution < 1.29 is 22.8 Å². The molecule has 8 nitrogen and oxygen atoms in total. The van der Waals surface area contributed by atoms with Gasteiger partial charge in [-0.15, -0.1) is 0 Å². The molecule has 2 aromatic heterocycles. The highest BCUT2D eigenvalue weighted by Crippen LogP contribution is 2.35. The van der Waals surface area contributed by atoms with Crippen molar-refractivity contribution in [2.75, 3.05) is 19.4 Å². The van der Waals surface area contributed by atoms with Gasteiger partial charge in [0.25, 0.3) is 11.8 Å². The van der Waals surface area contributed by atoms with Crippen LogP contribution in [0.1, 0.15) is 31.8 Å². The average Bonchev–Trinajstić information content (AvgIpc) is 3.28. The number of benzene rings is 2. The Morgan fingerprint density at radius 1 is 1.03 bits per heavy atom. The van der Waals surface area contributed by atoms with E-state index in [9.17, 15) is 22.8 Å². The van der Waals surface area contributed by atoms with Gasteiger partial charge in [-0.2, -0.15) is 13.2 Å². The zero-order valence-electron chi connectivity index (χ0n) is 20.4. The smallest absolute Gasteiger partial charge is 0.398 e. The molecule has 0 atom stereocenters. The van der Waals surface area contributed by atoms with Crippen LogP contribution in [0.4, 0.5) is 19.0 Å². The van der Waals surface area contributed by atoms with Crippen molar-refractivity contribution in [3.05, 3.63) is 95.2 Å². The second kappa shape index (κ2) is 10.6. The lowest BCUT2D eigenvalue weighted by Crippen LogP contribution is -2.18. The molecule has 2 aromatic carbocycles. The van der Waals surface area contributed by atoms with Crippen LogP contribution in [0.3, 0.4) is 0 Å². The summed E-state index contributed by atoms with van der Waals surface area (Å²) in [7, 11) is 2.96. The van der Waals surface area contributed by atoms with Crippen molar-refractivity contribution >= 4 is 35.2 Å². The van der Waals surface area contributed by atoms with Crippen LogP contribution < -0.4 is 16.4 Å². The summed E-state index contributed by atoms with van der Waals surface area (Å²) in [6, 6.07) is 15.1. The number of carbonyl (C=O) groups is 2. The van der Waals surface area contributed by atoms with Gasteiger partial charge in [-0.05, 0) is 36.4 Å². The van der Waals surface area contributed by atoms with E-state index in [2.05, 4.69) is 20.6 Å². The molecule has 0 fully saturated rings. The van der Waals surface area contributed by atoms with Crippen LogP contribution in [0, 0.1) is 0 Å². The van der Waals surface area contributed by atoms with Gasteiger partial charge in [-0.3, -0.25) is 19.0 Å². The fraction of sp³-hybridized carbons (Fsp3) is 0.111. The molecule has 0 aliphatic rings. The Morgan fingerprint density at radius 2 is 1.74 bits per heavy atom. The zero-order chi connectivity index (χ0) is 27.4. The molecule has 0 aliphatic heterocycles. The number of nitrogens with one attached hydrogen (secondary N) is 2. The molecule has 0 bridgehead atoms. The Bertz CT molecular complexity index is 1570. The van der Waals surface area contributed by atoms with E-state index in [0.29, 0.717) is 22.5 Å². The minimum atomic E-state index is -4.68. The lowest BCUT2D eigenvalue weighted by Gasteiger charge is -2.15. The van der Waals surface area contributed by atoms with E-state index in [1.165, 1.54) is 26.4 Å². The number of aromatic nitrogens is 2. The van der Waals surface area contributed by atoms with Gasteiger partial charge in [0.1, 0.15) is 17.2 Å². The Kier molecular flexibility index (Phi) is 7.28. The Morgan fingerprint density at radius 3 is 2.39 bits per heavy atom. The summed E-state index contributed by atoms with van der Waals surface area (Å²) >= 11 is 0. The molecule has 194 valence electrons. The number of imidazole rings is 1. The number of nitrogens with two attached hydrogens (primary N) is 1. The number of amides is 2. The zero-order valence-corrected chi connectivity index (χ0v) is 20.4. The van der Waals surface area contributed by atoms with Crippen molar-refractivity contribution in [3.63, 3.8) is 0 Å². The number of carbonyl (C=O) groups excluding carboxylic acids is 2. The lowest BCUT2D eigenvalue weighted by molar-refractivity contribution is -0.137. The molecule has 2 heterocycles. The molecular weight excluding hydrogens is 497 g/mol. The number of fused-ring (bicyclic) bond motifs is 1. The van der Waals surface area contributed by atoms with Crippen LogP contribution in [-0.4, -0.2) is 41.5 Å². The molecule has 0 unspecified atom stereocenters. The van der Waals surface area contributed by atoms with Gasteiger partial charge >= 0.3 is 6.18 Å².